The van der Waals surface area contributed by atoms with Gasteiger partial charge in [0.2, 0.25) is 0 Å². The molecule has 1 N–H and O–H groups in total. The molecule has 0 saturated heterocycles. The highest BCUT2D eigenvalue weighted by Gasteiger charge is 2.45. The van der Waals surface area contributed by atoms with Crippen molar-refractivity contribution < 1.29 is 4.74 Å². The number of hydrogen-bond acceptors (Lipinski definition) is 4. The van der Waals surface area contributed by atoms with Gasteiger partial charge in [0.25, 0.3) is 0 Å². The first-order valence-electron chi connectivity index (χ1n) is 8.45. The molecule has 3 nitrogen and oxygen atoms in total. The molecular formula is C20H26N2OS. The van der Waals surface area contributed by atoms with E-state index in [4.69, 9.17) is 4.74 Å². The Labute approximate surface area is 149 Å². The summed E-state index contributed by atoms with van der Waals surface area (Å²) in [5, 5.41) is 5.14. The minimum Gasteiger partial charge on any atom is -0.497 e. The van der Waals surface area contributed by atoms with Crippen molar-refractivity contribution in [3.05, 3.63) is 48.2 Å². The Kier molecular flexibility index (Phi) is 4.77. The van der Waals surface area contributed by atoms with Gasteiger partial charge in [-0.05, 0) is 41.8 Å². The third kappa shape index (κ3) is 3.12. The van der Waals surface area contributed by atoms with Gasteiger partial charge in [0.15, 0.2) is 0 Å². The lowest BCUT2D eigenvalue weighted by molar-refractivity contribution is 0.235. The molecule has 24 heavy (non-hydrogen) atoms. The highest BCUT2D eigenvalue weighted by atomic mass is 32.2. The number of hydrogen-bond donors (Lipinski definition) is 1. The molecule has 2 unspecified atom stereocenters. The van der Waals surface area contributed by atoms with Crippen LogP contribution in [0.4, 0.5) is 5.69 Å². The van der Waals surface area contributed by atoms with Gasteiger partial charge in [-0.15, -0.1) is 0 Å². The molecule has 0 fully saturated rings. The first-order valence-corrected chi connectivity index (χ1v) is 9.33. The number of benzene rings is 1. The molecule has 2 atom stereocenters. The topological polar surface area (TPSA) is 34.1 Å². The molecule has 128 valence electrons. The fourth-order valence-electron chi connectivity index (χ4n) is 3.71. The Morgan fingerprint density at radius 3 is 2.62 bits per heavy atom. The van der Waals surface area contributed by atoms with Crippen molar-refractivity contribution in [2.45, 2.75) is 44.0 Å². The molecule has 0 spiro atoms. The van der Waals surface area contributed by atoms with E-state index in [1.807, 2.05) is 30.1 Å². The Balaban J connectivity index is 2.07. The predicted octanol–water partition coefficient (Wildman–Crippen LogP) is 5.40. The Morgan fingerprint density at radius 2 is 2.00 bits per heavy atom. The normalized spacial score (nSPS) is 21.9. The zero-order valence-corrected chi connectivity index (χ0v) is 15.9. The molecule has 2 heterocycles. The van der Waals surface area contributed by atoms with E-state index < -0.39 is 0 Å². The summed E-state index contributed by atoms with van der Waals surface area (Å²) < 4.78 is 5.47. The van der Waals surface area contributed by atoms with Crippen LogP contribution in [0.15, 0.2) is 47.6 Å². The van der Waals surface area contributed by atoms with Gasteiger partial charge in [0.05, 0.1) is 12.1 Å². The number of thioether (sulfide) groups is 1. The number of methoxy groups -OCH3 is 1. The van der Waals surface area contributed by atoms with Crippen LogP contribution in [-0.4, -0.2) is 18.1 Å². The standard InChI is InChI=1S/C20H26N2OS/c1-13(2)18-20(3,4)19(24-17-8-6-7-11-21-17)15-12-14(23-5)9-10-16(15)22-18/h6-13,18-19,22H,1-5H3. The Hall–Kier alpha value is -1.68. The molecule has 1 aromatic heterocycles. The fourth-order valence-corrected chi connectivity index (χ4v) is 5.00. The molecule has 1 aliphatic rings. The second-order valence-electron chi connectivity index (χ2n) is 7.31. The third-order valence-electron chi connectivity index (χ3n) is 4.87. The van der Waals surface area contributed by atoms with Crippen molar-refractivity contribution in [2.75, 3.05) is 12.4 Å². The lowest BCUT2D eigenvalue weighted by Crippen LogP contribution is -2.46. The van der Waals surface area contributed by atoms with Crippen LogP contribution < -0.4 is 10.1 Å². The summed E-state index contributed by atoms with van der Waals surface area (Å²) in [5.41, 5.74) is 2.59. The van der Waals surface area contributed by atoms with Crippen LogP contribution >= 0.6 is 11.8 Å². The first kappa shape index (κ1) is 17.2. The summed E-state index contributed by atoms with van der Waals surface area (Å²) in [6.45, 7) is 9.29. The Bertz CT molecular complexity index is 700. The van der Waals surface area contributed by atoms with E-state index in [1.54, 1.807) is 7.11 Å². The maximum atomic E-state index is 5.47. The number of pyridine rings is 1. The fraction of sp³-hybridized carbons (Fsp3) is 0.450. The average Bonchev–Trinajstić information content (AvgIpc) is 2.57. The first-order chi connectivity index (χ1) is 11.4. The summed E-state index contributed by atoms with van der Waals surface area (Å²) >= 11 is 1.85. The second-order valence-corrected chi connectivity index (χ2v) is 8.43. The summed E-state index contributed by atoms with van der Waals surface area (Å²) in [6.07, 6.45) is 1.86. The molecule has 0 aliphatic carbocycles. The van der Waals surface area contributed by atoms with Crippen molar-refractivity contribution in [1.82, 2.24) is 4.98 Å². The molecule has 0 radical (unpaired) electrons. The van der Waals surface area contributed by atoms with Crippen molar-refractivity contribution >= 4 is 17.4 Å². The van der Waals surface area contributed by atoms with Crippen molar-refractivity contribution in [1.29, 1.82) is 0 Å². The molecule has 1 aromatic carbocycles. The monoisotopic (exact) mass is 342 g/mol. The van der Waals surface area contributed by atoms with Gasteiger partial charge < -0.3 is 10.1 Å². The summed E-state index contributed by atoms with van der Waals surface area (Å²) in [5.74, 6) is 1.45. The maximum absolute atomic E-state index is 5.47. The number of fused-ring (bicyclic) bond motifs is 1. The van der Waals surface area contributed by atoms with Gasteiger partial charge in [0.1, 0.15) is 5.75 Å². The molecule has 1 aliphatic heterocycles. The zero-order valence-electron chi connectivity index (χ0n) is 15.0. The lowest BCUT2D eigenvalue weighted by Gasteiger charge is -2.48. The van der Waals surface area contributed by atoms with Gasteiger partial charge in [-0.2, -0.15) is 0 Å². The van der Waals surface area contributed by atoms with Crippen LogP contribution in [-0.2, 0) is 0 Å². The second kappa shape index (κ2) is 6.67. The summed E-state index contributed by atoms with van der Waals surface area (Å²) in [7, 11) is 1.72. The molecule has 0 bridgehead atoms. The van der Waals surface area contributed by atoms with E-state index in [0.717, 1.165) is 10.8 Å². The molecule has 3 rings (SSSR count). The summed E-state index contributed by atoms with van der Waals surface area (Å²) in [4.78, 5) is 4.54. The van der Waals surface area contributed by atoms with Gasteiger partial charge in [-0.25, -0.2) is 4.98 Å². The Morgan fingerprint density at radius 1 is 1.21 bits per heavy atom. The van der Waals surface area contributed by atoms with Crippen molar-refractivity contribution in [2.24, 2.45) is 11.3 Å². The molecule has 2 aromatic rings. The van der Waals surface area contributed by atoms with Crippen LogP contribution in [0, 0.1) is 11.3 Å². The third-order valence-corrected chi connectivity index (χ3v) is 6.45. The van der Waals surface area contributed by atoms with Crippen molar-refractivity contribution in [3.8, 4) is 5.75 Å². The predicted molar refractivity (Wildman–Crippen MR) is 102 cm³/mol. The van der Waals surface area contributed by atoms with E-state index >= 15 is 0 Å². The van der Waals surface area contributed by atoms with E-state index in [0.29, 0.717) is 17.2 Å². The highest BCUT2D eigenvalue weighted by Crippen LogP contribution is 2.55. The SMILES string of the molecule is COc1ccc2c(c1)C(Sc1ccccn1)C(C)(C)C(C(C)C)N2. The van der Waals surface area contributed by atoms with E-state index in [9.17, 15) is 0 Å². The van der Waals surface area contributed by atoms with E-state index in [1.165, 1.54) is 11.3 Å². The highest BCUT2D eigenvalue weighted by molar-refractivity contribution is 7.99. The van der Waals surface area contributed by atoms with Crippen LogP contribution in [0.3, 0.4) is 0 Å². The number of rotatable bonds is 4. The van der Waals surface area contributed by atoms with Gasteiger partial charge >= 0.3 is 0 Å². The van der Waals surface area contributed by atoms with Crippen LogP contribution in [0.25, 0.3) is 0 Å². The van der Waals surface area contributed by atoms with Crippen molar-refractivity contribution in [3.63, 3.8) is 0 Å². The minimum absolute atomic E-state index is 0.0791. The van der Waals surface area contributed by atoms with Crippen LogP contribution in [0.5, 0.6) is 5.75 Å². The number of anilines is 1. The molecule has 0 saturated carbocycles. The molecule has 0 amide bonds. The van der Waals surface area contributed by atoms with Gasteiger partial charge in [-0.3, -0.25) is 0 Å². The lowest BCUT2D eigenvalue weighted by atomic mass is 9.71. The van der Waals surface area contributed by atoms with Crippen LogP contribution in [0.2, 0.25) is 0 Å². The number of nitrogens with zero attached hydrogens (tertiary/aromatic N) is 1. The molecular weight excluding hydrogens is 316 g/mol. The zero-order chi connectivity index (χ0) is 17.3. The quantitative estimate of drug-likeness (QED) is 0.806. The largest absolute Gasteiger partial charge is 0.497 e. The minimum atomic E-state index is 0.0791. The van der Waals surface area contributed by atoms with Gasteiger partial charge in [-0.1, -0.05) is 45.5 Å². The summed E-state index contributed by atoms with van der Waals surface area (Å²) in [6, 6.07) is 12.9. The number of aromatic nitrogens is 1. The maximum Gasteiger partial charge on any atom is 0.119 e. The average molecular weight is 343 g/mol. The number of ether oxygens (including phenoxy) is 1. The molecule has 4 heteroatoms. The van der Waals surface area contributed by atoms with Gasteiger partial charge in [0, 0.05) is 28.6 Å². The van der Waals surface area contributed by atoms with E-state index in [2.05, 4.69) is 62.3 Å². The van der Waals surface area contributed by atoms with Crippen LogP contribution in [0.1, 0.15) is 38.5 Å². The van der Waals surface area contributed by atoms with E-state index in [-0.39, 0.29) is 5.41 Å². The number of nitrogens with one attached hydrogen (secondary N) is 1. The smallest absolute Gasteiger partial charge is 0.119 e.